The van der Waals surface area contributed by atoms with E-state index < -0.39 is 0 Å². The molecule has 3 N–H and O–H groups in total. The highest BCUT2D eigenvalue weighted by Gasteiger charge is 2.12. The first kappa shape index (κ1) is 13.7. The van der Waals surface area contributed by atoms with Crippen LogP contribution in [-0.2, 0) is 6.42 Å². The number of aromatic nitrogens is 1. The van der Waals surface area contributed by atoms with E-state index in [0.717, 1.165) is 28.0 Å². The van der Waals surface area contributed by atoms with Crippen LogP contribution < -0.4 is 5.73 Å². The molecule has 1 aromatic carbocycles. The number of nitrogens with one attached hydrogen (secondary N) is 1. The molecule has 0 atom stereocenters. The second-order valence-electron chi connectivity index (χ2n) is 3.55. The van der Waals surface area contributed by atoms with Gasteiger partial charge in [-0.15, -0.1) is 12.4 Å². The van der Waals surface area contributed by atoms with Gasteiger partial charge in [-0.25, -0.2) is 0 Å². The smallest absolute Gasteiger partial charge is 0.0663 e. The van der Waals surface area contributed by atoms with Crippen molar-refractivity contribution in [3.63, 3.8) is 0 Å². The molecular formula is C11H13Cl3N2. The molecule has 16 heavy (non-hydrogen) atoms. The first-order valence-corrected chi connectivity index (χ1v) is 5.56. The van der Waals surface area contributed by atoms with Crippen molar-refractivity contribution in [1.29, 1.82) is 0 Å². The molecule has 1 heterocycles. The molecule has 0 fully saturated rings. The van der Waals surface area contributed by atoms with E-state index in [4.69, 9.17) is 28.9 Å². The quantitative estimate of drug-likeness (QED) is 0.864. The lowest BCUT2D eigenvalue weighted by molar-refractivity contribution is 0.963. The molecule has 0 amide bonds. The molecule has 0 saturated carbocycles. The SMILES string of the molecule is Cc1[nH]c2c(Cl)ccc(Cl)c2c1CCN.Cl. The van der Waals surface area contributed by atoms with E-state index in [2.05, 4.69) is 4.98 Å². The van der Waals surface area contributed by atoms with E-state index in [9.17, 15) is 0 Å². The number of hydrogen-bond donors (Lipinski definition) is 2. The number of rotatable bonds is 2. The molecule has 0 aliphatic heterocycles. The molecule has 0 saturated heterocycles. The number of benzene rings is 1. The van der Waals surface area contributed by atoms with E-state index in [1.54, 1.807) is 6.07 Å². The summed E-state index contributed by atoms with van der Waals surface area (Å²) in [4.78, 5) is 3.25. The standard InChI is InChI=1S/C11H12Cl2N2.ClH/c1-6-7(4-5-14)10-8(12)2-3-9(13)11(10)15-6;/h2-3,15H,4-5,14H2,1H3;1H. The topological polar surface area (TPSA) is 41.8 Å². The molecule has 5 heteroatoms. The lowest BCUT2D eigenvalue weighted by Crippen LogP contribution is -2.03. The molecule has 0 aliphatic carbocycles. The number of aromatic amines is 1. The molecular weight excluding hydrogens is 266 g/mol. The highest BCUT2D eigenvalue weighted by molar-refractivity contribution is 6.40. The molecule has 1 aromatic heterocycles. The zero-order valence-corrected chi connectivity index (χ0v) is 11.1. The number of halogens is 3. The van der Waals surface area contributed by atoms with Crippen LogP contribution in [0, 0.1) is 6.92 Å². The summed E-state index contributed by atoms with van der Waals surface area (Å²) in [7, 11) is 0. The maximum atomic E-state index is 6.16. The second kappa shape index (κ2) is 5.28. The fraction of sp³-hybridized carbons (Fsp3) is 0.273. The number of H-pyrrole nitrogens is 1. The Kier molecular flexibility index (Phi) is 4.51. The Morgan fingerprint density at radius 2 is 1.88 bits per heavy atom. The van der Waals surface area contributed by atoms with Gasteiger partial charge in [0.05, 0.1) is 15.6 Å². The van der Waals surface area contributed by atoms with Crippen LogP contribution in [-0.4, -0.2) is 11.5 Å². The van der Waals surface area contributed by atoms with Gasteiger partial charge in [0, 0.05) is 11.1 Å². The molecule has 88 valence electrons. The minimum Gasteiger partial charge on any atom is -0.357 e. The Morgan fingerprint density at radius 3 is 2.50 bits per heavy atom. The summed E-state index contributed by atoms with van der Waals surface area (Å²) in [5.74, 6) is 0. The molecule has 0 aliphatic rings. The first-order chi connectivity index (χ1) is 7.15. The highest BCUT2D eigenvalue weighted by atomic mass is 35.5. The minimum atomic E-state index is 0. The normalized spacial score (nSPS) is 10.5. The van der Waals surface area contributed by atoms with Crippen LogP contribution in [0.15, 0.2) is 12.1 Å². The summed E-state index contributed by atoms with van der Waals surface area (Å²) in [5.41, 5.74) is 8.74. The number of nitrogens with two attached hydrogens (primary N) is 1. The average Bonchev–Trinajstić information content (AvgIpc) is 2.53. The summed E-state index contributed by atoms with van der Waals surface area (Å²) in [6.07, 6.45) is 0.811. The lowest BCUT2D eigenvalue weighted by atomic mass is 10.1. The third-order valence-electron chi connectivity index (χ3n) is 2.56. The fourth-order valence-corrected chi connectivity index (χ4v) is 2.35. The highest BCUT2D eigenvalue weighted by Crippen LogP contribution is 2.33. The maximum Gasteiger partial charge on any atom is 0.0663 e. The van der Waals surface area contributed by atoms with Crippen molar-refractivity contribution in [2.24, 2.45) is 5.73 Å². The predicted octanol–water partition coefficient (Wildman–Crippen LogP) is 3.71. The van der Waals surface area contributed by atoms with E-state index in [0.29, 0.717) is 11.6 Å². The zero-order chi connectivity index (χ0) is 11.0. The Labute approximate surface area is 111 Å². The second-order valence-corrected chi connectivity index (χ2v) is 4.36. The minimum absolute atomic E-state index is 0. The first-order valence-electron chi connectivity index (χ1n) is 4.80. The van der Waals surface area contributed by atoms with Gasteiger partial charge in [-0.1, -0.05) is 23.2 Å². The zero-order valence-electron chi connectivity index (χ0n) is 8.81. The van der Waals surface area contributed by atoms with Crippen LogP contribution in [0.1, 0.15) is 11.3 Å². The van der Waals surface area contributed by atoms with Crippen molar-refractivity contribution in [1.82, 2.24) is 4.98 Å². The van der Waals surface area contributed by atoms with Gasteiger partial charge >= 0.3 is 0 Å². The van der Waals surface area contributed by atoms with Gasteiger partial charge in [0.25, 0.3) is 0 Å². The van der Waals surface area contributed by atoms with Gasteiger partial charge in [-0.3, -0.25) is 0 Å². The van der Waals surface area contributed by atoms with E-state index in [-0.39, 0.29) is 12.4 Å². The summed E-state index contributed by atoms with van der Waals surface area (Å²) in [6, 6.07) is 3.62. The van der Waals surface area contributed by atoms with Crippen LogP contribution in [0.5, 0.6) is 0 Å². The van der Waals surface area contributed by atoms with Crippen molar-refractivity contribution < 1.29 is 0 Å². The summed E-state index contributed by atoms with van der Waals surface area (Å²) in [5, 5.41) is 2.43. The van der Waals surface area contributed by atoms with Crippen molar-refractivity contribution in [2.45, 2.75) is 13.3 Å². The van der Waals surface area contributed by atoms with Gasteiger partial charge in [-0.05, 0) is 37.6 Å². The van der Waals surface area contributed by atoms with Crippen LogP contribution in [0.25, 0.3) is 10.9 Å². The monoisotopic (exact) mass is 278 g/mol. The Hall–Kier alpha value is -0.410. The van der Waals surface area contributed by atoms with Gasteiger partial charge in [0.2, 0.25) is 0 Å². The third kappa shape index (κ3) is 2.16. The maximum absolute atomic E-state index is 6.16. The van der Waals surface area contributed by atoms with Crippen LogP contribution in [0.3, 0.4) is 0 Å². The lowest BCUT2D eigenvalue weighted by Gasteiger charge is -2.01. The molecule has 0 radical (unpaired) electrons. The average molecular weight is 280 g/mol. The van der Waals surface area contributed by atoms with Crippen molar-refractivity contribution >= 4 is 46.5 Å². The van der Waals surface area contributed by atoms with Gasteiger partial charge in [0.15, 0.2) is 0 Å². The van der Waals surface area contributed by atoms with Crippen molar-refractivity contribution in [3.05, 3.63) is 33.4 Å². The van der Waals surface area contributed by atoms with Gasteiger partial charge in [0.1, 0.15) is 0 Å². The van der Waals surface area contributed by atoms with Crippen LogP contribution in [0.4, 0.5) is 0 Å². The number of fused-ring (bicyclic) bond motifs is 1. The number of hydrogen-bond acceptors (Lipinski definition) is 1. The Morgan fingerprint density at radius 1 is 1.25 bits per heavy atom. The summed E-state index contributed by atoms with van der Waals surface area (Å²) in [6.45, 7) is 2.62. The van der Waals surface area contributed by atoms with Gasteiger partial charge in [-0.2, -0.15) is 0 Å². The largest absolute Gasteiger partial charge is 0.357 e. The molecule has 0 spiro atoms. The summed E-state index contributed by atoms with van der Waals surface area (Å²) >= 11 is 12.3. The molecule has 0 unspecified atom stereocenters. The predicted molar refractivity (Wildman–Crippen MR) is 73.1 cm³/mol. The Bertz CT molecular complexity index is 505. The molecule has 0 bridgehead atoms. The van der Waals surface area contributed by atoms with E-state index in [1.807, 2.05) is 13.0 Å². The van der Waals surface area contributed by atoms with Crippen molar-refractivity contribution in [3.8, 4) is 0 Å². The van der Waals surface area contributed by atoms with E-state index in [1.165, 1.54) is 5.56 Å². The van der Waals surface area contributed by atoms with Crippen LogP contribution in [0.2, 0.25) is 10.0 Å². The van der Waals surface area contributed by atoms with E-state index >= 15 is 0 Å². The third-order valence-corrected chi connectivity index (χ3v) is 3.19. The van der Waals surface area contributed by atoms with Gasteiger partial charge < -0.3 is 10.7 Å². The van der Waals surface area contributed by atoms with Crippen LogP contribution >= 0.6 is 35.6 Å². The molecule has 2 aromatic rings. The molecule has 2 rings (SSSR count). The fourth-order valence-electron chi connectivity index (χ4n) is 1.88. The van der Waals surface area contributed by atoms with Crippen molar-refractivity contribution in [2.75, 3.05) is 6.54 Å². The summed E-state index contributed by atoms with van der Waals surface area (Å²) < 4.78 is 0. The Balaban J connectivity index is 0.00000128. The number of aryl methyl sites for hydroxylation is 1. The molecule has 2 nitrogen and oxygen atoms in total.